The number of aryl methyl sites for hydroxylation is 1. The van der Waals surface area contributed by atoms with Crippen LogP contribution in [0.15, 0.2) is 18.2 Å². The van der Waals surface area contributed by atoms with E-state index in [1.54, 1.807) is 19.9 Å². The van der Waals surface area contributed by atoms with Gasteiger partial charge in [0.2, 0.25) is 0 Å². The van der Waals surface area contributed by atoms with Gasteiger partial charge in [0, 0.05) is 17.8 Å². The van der Waals surface area contributed by atoms with Crippen LogP contribution >= 0.6 is 0 Å². The average Bonchev–Trinajstić information content (AvgIpc) is 2.31. The second-order valence-electron chi connectivity index (χ2n) is 5.00. The molecule has 1 aromatic carbocycles. The fourth-order valence-corrected chi connectivity index (χ4v) is 3.04. The standard InChI is InChI=1S/C14H22FNO2S/c1-5-19(17,18)9-11(3)16-12(4)13-7-6-10(2)14(15)8-13/h6-8,11-12,16H,5,9H2,1-4H3. The van der Waals surface area contributed by atoms with Crippen molar-refractivity contribution in [3.05, 3.63) is 35.1 Å². The molecule has 1 rings (SSSR count). The third kappa shape index (κ3) is 4.91. The molecule has 0 amide bonds. The summed E-state index contributed by atoms with van der Waals surface area (Å²) in [7, 11) is -3.00. The fourth-order valence-electron chi connectivity index (χ4n) is 1.95. The lowest BCUT2D eigenvalue weighted by Crippen LogP contribution is -2.35. The molecule has 0 bridgehead atoms. The van der Waals surface area contributed by atoms with E-state index in [2.05, 4.69) is 5.32 Å². The zero-order valence-electron chi connectivity index (χ0n) is 11.9. The monoisotopic (exact) mass is 287 g/mol. The Morgan fingerprint density at radius 1 is 1.32 bits per heavy atom. The molecule has 1 aromatic rings. The van der Waals surface area contributed by atoms with Crippen molar-refractivity contribution >= 4 is 9.84 Å². The summed E-state index contributed by atoms with van der Waals surface area (Å²) in [4.78, 5) is 0. The Hall–Kier alpha value is -0.940. The summed E-state index contributed by atoms with van der Waals surface area (Å²) in [5.74, 6) is 0.00866. The van der Waals surface area contributed by atoms with Crippen LogP contribution in [0.5, 0.6) is 0 Å². The van der Waals surface area contributed by atoms with Gasteiger partial charge in [0.1, 0.15) is 5.82 Å². The molecule has 0 aliphatic heterocycles. The minimum atomic E-state index is -3.00. The zero-order valence-corrected chi connectivity index (χ0v) is 12.7. The molecular formula is C14H22FNO2S. The molecule has 0 radical (unpaired) electrons. The molecule has 19 heavy (non-hydrogen) atoms. The van der Waals surface area contributed by atoms with Gasteiger partial charge in [0.15, 0.2) is 9.84 Å². The van der Waals surface area contributed by atoms with Crippen molar-refractivity contribution in [2.24, 2.45) is 0 Å². The normalized spacial score (nSPS) is 15.2. The Bertz CT molecular complexity index is 528. The quantitative estimate of drug-likeness (QED) is 0.875. The highest BCUT2D eigenvalue weighted by molar-refractivity contribution is 7.91. The molecule has 2 atom stereocenters. The summed E-state index contributed by atoms with van der Waals surface area (Å²) >= 11 is 0. The van der Waals surface area contributed by atoms with Gasteiger partial charge in [0.25, 0.3) is 0 Å². The maximum absolute atomic E-state index is 13.5. The van der Waals surface area contributed by atoms with E-state index in [0.29, 0.717) is 5.56 Å². The van der Waals surface area contributed by atoms with E-state index in [0.717, 1.165) is 5.56 Å². The number of halogens is 1. The number of rotatable bonds is 6. The van der Waals surface area contributed by atoms with Gasteiger partial charge in [-0.15, -0.1) is 0 Å². The molecule has 108 valence electrons. The highest BCUT2D eigenvalue weighted by Gasteiger charge is 2.16. The minimum Gasteiger partial charge on any atom is -0.307 e. The molecule has 0 aliphatic carbocycles. The van der Waals surface area contributed by atoms with Crippen LogP contribution in [-0.2, 0) is 9.84 Å². The van der Waals surface area contributed by atoms with Gasteiger partial charge >= 0.3 is 0 Å². The van der Waals surface area contributed by atoms with E-state index >= 15 is 0 Å². The van der Waals surface area contributed by atoms with Crippen LogP contribution in [0.25, 0.3) is 0 Å². The van der Waals surface area contributed by atoms with Crippen molar-refractivity contribution in [2.45, 2.75) is 39.8 Å². The van der Waals surface area contributed by atoms with E-state index in [1.807, 2.05) is 19.9 Å². The van der Waals surface area contributed by atoms with Gasteiger partial charge in [-0.3, -0.25) is 0 Å². The highest BCUT2D eigenvalue weighted by atomic mass is 32.2. The summed E-state index contributed by atoms with van der Waals surface area (Å²) in [5.41, 5.74) is 1.43. The summed E-state index contributed by atoms with van der Waals surface area (Å²) in [6.07, 6.45) is 0. The topological polar surface area (TPSA) is 46.2 Å². The Kier molecular flexibility index (Phi) is 5.50. The molecular weight excluding hydrogens is 265 g/mol. The van der Waals surface area contributed by atoms with Gasteiger partial charge in [-0.05, 0) is 38.0 Å². The van der Waals surface area contributed by atoms with Gasteiger partial charge < -0.3 is 5.32 Å². The molecule has 0 saturated carbocycles. The van der Waals surface area contributed by atoms with Crippen LogP contribution in [0.1, 0.15) is 37.9 Å². The molecule has 0 spiro atoms. The van der Waals surface area contributed by atoms with Crippen LogP contribution < -0.4 is 5.32 Å². The second kappa shape index (κ2) is 6.48. The van der Waals surface area contributed by atoms with Gasteiger partial charge in [-0.25, -0.2) is 12.8 Å². The predicted molar refractivity (Wildman–Crippen MR) is 76.5 cm³/mol. The molecule has 2 unspecified atom stereocenters. The number of hydrogen-bond donors (Lipinski definition) is 1. The van der Waals surface area contributed by atoms with Crippen LogP contribution in [0.2, 0.25) is 0 Å². The first-order chi connectivity index (χ1) is 8.75. The second-order valence-corrected chi connectivity index (χ2v) is 7.39. The van der Waals surface area contributed by atoms with Crippen molar-refractivity contribution in [3.8, 4) is 0 Å². The largest absolute Gasteiger partial charge is 0.307 e. The molecule has 0 heterocycles. The smallest absolute Gasteiger partial charge is 0.151 e. The van der Waals surface area contributed by atoms with Crippen molar-refractivity contribution in [3.63, 3.8) is 0 Å². The number of benzene rings is 1. The van der Waals surface area contributed by atoms with Crippen molar-refractivity contribution in [1.29, 1.82) is 0 Å². The maximum Gasteiger partial charge on any atom is 0.151 e. The molecule has 1 N–H and O–H groups in total. The summed E-state index contributed by atoms with van der Waals surface area (Å²) in [6.45, 7) is 7.09. The summed E-state index contributed by atoms with van der Waals surface area (Å²) < 4.78 is 36.5. The Labute approximate surface area is 115 Å². The third-order valence-corrected chi connectivity index (χ3v) is 5.06. The lowest BCUT2D eigenvalue weighted by molar-refractivity contribution is 0.496. The SMILES string of the molecule is CCS(=O)(=O)CC(C)NC(C)c1ccc(C)c(F)c1. The molecule has 0 fully saturated rings. The first-order valence-corrected chi connectivity index (χ1v) is 8.30. The first kappa shape index (κ1) is 16.1. The van der Waals surface area contributed by atoms with Crippen molar-refractivity contribution in [1.82, 2.24) is 5.32 Å². The molecule has 0 aromatic heterocycles. The van der Waals surface area contributed by atoms with E-state index in [-0.39, 0.29) is 29.4 Å². The van der Waals surface area contributed by atoms with E-state index in [4.69, 9.17) is 0 Å². The van der Waals surface area contributed by atoms with Crippen LogP contribution in [0.3, 0.4) is 0 Å². The third-order valence-electron chi connectivity index (χ3n) is 3.17. The maximum atomic E-state index is 13.5. The molecule has 3 nitrogen and oxygen atoms in total. The molecule has 5 heteroatoms. The van der Waals surface area contributed by atoms with E-state index in [1.165, 1.54) is 6.07 Å². The highest BCUT2D eigenvalue weighted by Crippen LogP contribution is 2.17. The molecule has 0 saturated heterocycles. The Morgan fingerprint density at radius 2 is 1.95 bits per heavy atom. The van der Waals surface area contributed by atoms with E-state index in [9.17, 15) is 12.8 Å². The van der Waals surface area contributed by atoms with Crippen molar-refractivity contribution in [2.75, 3.05) is 11.5 Å². The van der Waals surface area contributed by atoms with Gasteiger partial charge in [-0.1, -0.05) is 19.1 Å². The van der Waals surface area contributed by atoms with Crippen LogP contribution in [0, 0.1) is 12.7 Å². The predicted octanol–water partition coefficient (Wildman–Crippen LogP) is 2.61. The summed E-state index contributed by atoms with van der Waals surface area (Å²) in [6, 6.07) is 4.84. The average molecular weight is 287 g/mol. The summed E-state index contributed by atoms with van der Waals surface area (Å²) in [5, 5.41) is 3.19. The zero-order chi connectivity index (χ0) is 14.6. The lowest BCUT2D eigenvalue weighted by Gasteiger charge is -2.20. The Morgan fingerprint density at radius 3 is 2.47 bits per heavy atom. The minimum absolute atomic E-state index is 0.0860. The number of nitrogens with one attached hydrogen (secondary N) is 1. The Balaban J connectivity index is 2.69. The van der Waals surface area contributed by atoms with Crippen molar-refractivity contribution < 1.29 is 12.8 Å². The fraction of sp³-hybridized carbons (Fsp3) is 0.571. The first-order valence-electron chi connectivity index (χ1n) is 6.47. The van der Waals surface area contributed by atoms with Gasteiger partial charge in [0.05, 0.1) is 5.75 Å². The van der Waals surface area contributed by atoms with Crippen LogP contribution in [-0.4, -0.2) is 26.0 Å². The number of sulfone groups is 1. The van der Waals surface area contributed by atoms with Crippen LogP contribution in [0.4, 0.5) is 4.39 Å². The number of hydrogen-bond acceptors (Lipinski definition) is 3. The molecule has 0 aliphatic rings. The van der Waals surface area contributed by atoms with Gasteiger partial charge in [-0.2, -0.15) is 0 Å². The van der Waals surface area contributed by atoms with E-state index < -0.39 is 9.84 Å². The lowest BCUT2D eigenvalue weighted by atomic mass is 10.1.